The van der Waals surface area contributed by atoms with Gasteiger partial charge in [0.25, 0.3) is 11.6 Å². The molecule has 0 aromatic heterocycles. The minimum Gasteiger partial charge on any atom is -0.494 e. The van der Waals surface area contributed by atoms with Crippen LogP contribution in [0.2, 0.25) is 0 Å². The van der Waals surface area contributed by atoms with Crippen molar-refractivity contribution < 1.29 is 14.5 Å². The first-order valence-corrected chi connectivity index (χ1v) is 11.0. The van der Waals surface area contributed by atoms with E-state index in [9.17, 15) is 20.2 Å². The second-order valence-electron chi connectivity index (χ2n) is 7.89. The van der Waals surface area contributed by atoms with Crippen LogP contribution in [-0.4, -0.2) is 24.0 Å². The molecule has 0 unspecified atom stereocenters. The van der Waals surface area contributed by atoms with E-state index in [2.05, 4.69) is 10.6 Å². The monoisotopic (exact) mass is 428 g/mol. The van der Waals surface area contributed by atoms with Crippen LogP contribution >= 0.6 is 0 Å². The van der Waals surface area contributed by atoms with Gasteiger partial charge in [-0.3, -0.25) is 14.9 Å². The number of nitrogens with one attached hydrogen (secondary N) is 2. The Morgan fingerprint density at radius 2 is 1.71 bits per heavy atom. The lowest BCUT2D eigenvalue weighted by Gasteiger charge is -2.18. The van der Waals surface area contributed by atoms with E-state index in [0.29, 0.717) is 0 Å². The van der Waals surface area contributed by atoms with Gasteiger partial charge in [0, 0.05) is 18.3 Å². The van der Waals surface area contributed by atoms with Crippen molar-refractivity contribution >= 4 is 17.3 Å². The Morgan fingerprint density at radius 3 is 2.23 bits per heavy atom. The van der Waals surface area contributed by atoms with Crippen LogP contribution in [-0.2, 0) is 4.79 Å². The third kappa shape index (κ3) is 8.28. The van der Waals surface area contributed by atoms with E-state index in [4.69, 9.17) is 4.74 Å². The molecule has 8 nitrogen and oxygen atoms in total. The Bertz CT molecular complexity index is 804. The minimum atomic E-state index is -0.588. The number of nitro groups is 1. The minimum absolute atomic E-state index is 0.0495. The summed E-state index contributed by atoms with van der Waals surface area (Å²) in [6.07, 6.45) is 14.7. The van der Waals surface area contributed by atoms with E-state index in [-0.39, 0.29) is 28.7 Å². The van der Waals surface area contributed by atoms with Crippen LogP contribution in [0.3, 0.4) is 0 Å². The number of carbonyl (C=O) groups excluding carboxylic acids is 1. The van der Waals surface area contributed by atoms with Crippen molar-refractivity contribution in [2.75, 3.05) is 12.4 Å². The molecule has 2 rings (SSSR count). The fraction of sp³-hybridized carbons (Fsp3) is 0.565. The van der Waals surface area contributed by atoms with Crippen molar-refractivity contribution in [3.8, 4) is 11.8 Å². The molecule has 0 bridgehead atoms. The highest BCUT2D eigenvalue weighted by Crippen LogP contribution is 2.29. The molecule has 0 spiro atoms. The number of benzene rings is 1. The summed E-state index contributed by atoms with van der Waals surface area (Å²) in [4.78, 5) is 23.0. The summed E-state index contributed by atoms with van der Waals surface area (Å²) in [5, 5.41) is 26.3. The zero-order valence-corrected chi connectivity index (χ0v) is 18.2. The molecule has 0 radical (unpaired) electrons. The van der Waals surface area contributed by atoms with Crippen molar-refractivity contribution in [3.63, 3.8) is 0 Å². The van der Waals surface area contributed by atoms with Gasteiger partial charge in [0.2, 0.25) is 0 Å². The van der Waals surface area contributed by atoms with Crippen LogP contribution in [0.5, 0.6) is 5.75 Å². The third-order valence-electron chi connectivity index (χ3n) is 5.58. The Balaban J connectivity index is 2.01. The van der Waals surface area contributed by atoms with Gasteiger partial charge < -0.3 is 15.4 Å². The highest BCUT2D eigenvalue weighted by atomic mass is 16.6. The smallest absolute Gasteiger partial charge is 0.273 e. The maximum Gasteiger partial charge on any atom is 0.273 e. The molecule has 1 aromatic carbocycles. The standard InChI is InChI=1S/C23H32N4O4/c1-31-22-15-20(27(29)30)13-14-21(22)26-23(28)18(16-24)17-25-19-11-9-7-5-3-2-4-6-8-10-12-19/h13-15,17,19,25H,2-12H2,1H3,(H,26,28)/b18-17-. The number of nitrogens with zero attached hydrogens (tertiary/aromatic N) is 2. The number of anilines is 1. The fourth-order valence-electron chi connectivity index (χ4n) is 3.77. The van der Waals surface area contributed by atoms with Gasteiger partial charge in [0.1, 0.15) is 17.4 Å². The molecular weight excluding hydrogens is 396 g/mol. The molecule has 0 atom stereocenters. The molecule has 1 aliphatic rings. The van der Waals surface area contributed by atoms with Crippen LogP contribution in [0.1, 0.15) is 70.6 Å². The predicted octanol–water partition coefficient (Wildman–Crippen LogP) is 5.21. The molecule has 1 aromatic rings. The second kappa shape index (κ2) is 13.3. The highest BCUT2D eigenvalue weighted by molar-refractivity contribution is 6.07. The van der Waals surface area contributed by atoms with Gasteiger partial charge in [0.05, 0.1) is 23.8 Å². The van der Waals surface area contributed by atoms with Gasteiger partial charge in [-0.1, -0.05) is 57.8 Å². The largest absolute Gasteiger partial charge is 0.494 e. The first-order valence-electron chi connectivity index (χ1n) is 11.0. The quantitative estimate of drug-likeness (QED) is 0.278. The molecule has 0 saturated heterocycles. The summed E-state index contributed by atoms with van der Waals surface area (Å²) < 4.78 is 5.14. The molecule has 1 saturated carbocycles. The number of amides is 1. The van der Waals surface area contributed by atoms with Crippen LogP contribution in [0.4, 0.5) is 11.4 Å². The van der Waals surface area contributed by atoms with Crippen LogP contribution in [0.15, 0.2) is 30.0 Å². The number of rotatable bonds is 6. The van der Waals surface area contributed by atoms with Gasteiger partial charge in [0.15, 0.2) is 0 Å². The molecular formula is C23H32N4O4. The topological polar surface area (TPSA) is 117 Å². The van der Waals surface area contributed by atoms with E-state index in [1.54, 1.807) is 0 Å². The molecule has 0 heterocycles. The predicted molar refractivity (Wildman–Crippen MR) is 120 cm³/mol. The van der Waals surface area contributed by atoms with E-state index in [1.807, 2.05) is 6.07 Å². The number of carbonyl (C=O) groups is 1. The zero-order valence-electron chi connectivity index (χ0n) is 18.2. The third-order valence-corrected chi connectivity index (χ3v) is 5.58. The maximum atomic E-state index is 12.6. The number of ether oxygens (including phenoxy) is 1. The van der Waals surface area contributed by atoms with Crippen molar-refractivity contribution in [2.24, 2.45) is 0 Å². The molecule has 168 valence electrons. The van der Waals surface area contributed by atoms with E-state index < -0.39 is 10.8 Å². The second-order valence-corrected chi connectivity index (χ2v) is 7.89. The number of hydrogen-bond acceptors (Lipinski definition) is 6. The van der Waals surface area contributed by atoms with Gasteiger partial charge in [-0.2, -0.15) is 5.26 Å². The molecule has 1 fully saturated rings. The number of methoxy groups -OCH3 is 1. The lowest BCUT2D eigenvalue weighted by molar-refractivity contribution is -0.384. The van der Waals surface area contributed by atoms with Gasteiger partial charge >= 0.3 is 0 Å². The molecule has 31 heavy (non-hydrogen) atoms. The zero-order chi connectivity index (χ0) is 22.5. The number of nitro benzene ring substituents is 1. The number of non-ortho nitro benzene ring substituents is 1. The van der Waals surface area contributed by atoms with Crippen molar-refractivity contribution in [1.29, 1.82) is 5.26 Å². The molecule has 0 aliphatic heterocycles. The van der Waals surface area contributed by atoms with Crippen molar-refractivity contribution in [3.05, 3.63) is 40.1 Å². The van der Waals surface area contributed by atoms with E-state index in [1.165, 1.54) is 76.5 Å². The Hall–Kier alpha value is -3.08. The van der Waals surface area contributed by atoms with Gasteiger partial charge in [-0.15, -0.1) is 0 Å². The van der Waals surface area contributed by atoms with Gasteiger partial charge in [-0.05, 0) is 18.9 Å². The van der Waals surface area contributed by atoms with Crippen molar-refractivity contribution in [1.82, 2.24) is 5.32 Å². The number of hydrogen-bond donors (Lipinski definition) is 2. The summed E-state index contributed by atoms with van der Waals surface area (Å²) >= 11 is 0. The Labute approximate surface area is 183 Å². The lowest BCUT2D eigenvalue weighted by Crippen LogP contribution is -2.26. The molecule has 1 aliphatic carbocycles. The average Bonchev–Trinajstić information content (AvgIpc) is 2.75. The SMILES string of the molecule is COc1cc([N+](=O)[O-])ccc1NC(=O)/C(C#N)=C\NC1CCCCCCCCCCC1. The summed E-state index contributed by atoms with van der Waals surface area (Å²) in [5.74, 6) is -0.428. The lowest BCUT2D eigenvalue weighted by atomic mass is 9.98. The summed E-state index contributed by atoms with van der Waals surface area (Å²) in [6.45, 7) is 0. The summed E-state index contributed by atoms with van der Waals surface area (Å²) in [5.41, 5.74) is 0.0758. The molecule has 2 N–H and O–H groups in total. The Morgan fingerprint density at radius 1 is 1.13 bits per heavy atom. The van der Waals surface area contributed by atoms with Crippen molar-refractivity contribution in [2.45, 2.75) is 76.7 Å². The maximum absolute atomic E-state index is 12.6. The van der Waals surface area contributed by atoms with E-state index in [0.717, 1.165) is 25.7 Å². The first-order chi connectivity index (χ1) is 15.0. The normalized spacial score (nSPS) is 16.8. The molecule has 8 heteroatoms. The van der Waals surface area contributed by atoms with Crippen LogP contribution in [0.25, 0.3) is 0 Å². The number of nitriles is 1. The Kier molecular flexibility index (Phi) is 10.4. The first kappa shape index (κ1) is 24.2. The van der Waals surface area contributed by atoms with Crippen LogP contribution < -0.4 is 15.4 Å². The molecule has 1 amide bonds. The van der Waals surface area contributed by atoms with E-state index >= 15 is 0 Å². The highest BCUT2D eigenvalue weighted by Gasteiger charge is 2.16. The fourth-order valence-corrected chi connectivity index (χ4v) is 3.77. The van der Waals surface area contributed by atoms with Gasteiger partial charge in [-0.25, -0.2) is 0 Å². The summed E-state index contributed by atoms with van der Waals surface area (Å²) in [6, 6.07) is 6.07. The summed E-state index contributed by atoms with van der Waals surface area (Å²) in [7, 11) is 1.36. The average molecular weight is 429 g/mol. The van der Waals surface area contributed by atoms with Crippen LogP contribution in [0, 0.1) is 21.4 Å².